The summed E-state index contributed by atoms with van der Waals surface area (Å²) in [6.07, 6.45) is 3.26. The molecule has 0 saturated carbocycles. The smallest absolute Gasteiger partial charge is 0.328 e. The molecule has 0 spiro atoms. The summed E-state index contributed by atoms with van der Waals surface area (Å²) in [6.45, 7) is 2.96. The van der Waals surface area contributed by atoms with Crippen molar-refractivity contribution >= 4 is 17.7 Å². The quantitative estimate of drug-likeness (QED) is 0.783. The lowest BCUT2D eigenvalue weighted by atomic mass is 10.2. The van der Waals surface area contributed by atoms with E-state index in [0.29, 0.717) is 18.0 Å². The summed E-state index contributed by atoms with van der Waals surface area (Å²) in [7, 11) is 3.40. The zero-order chi connectivity index (χ0) is 15.4. The summed E-state index contributed by atoms with van der Waals surface area (Å²) in [5.74, 6) is 0.420. The van der Waals surface area contributed by atoms with Crippen LogP contribution >= 0.6 is 0 Å². The fourth-order valence-corrected chi connectivity index (χ4v) is 2.47. The molecule has 1 aromatic heterocycles. The highest BCUT2D eigenvalue weighted by Crippen LogP contribution is 2.24. The molecule has 1 aromatic rings. The topological polar surface area (TPSA) is 62.7 Å². The van der Waals surface area contributed by atoms with E-state index in [1.807, 2.05) is 4.90 Å². The maximum absolute atomic E-state index is 11.9. The number of hydrogen-bond donors (Lipinski definition) is 0. The molecule has 6 heteroatoms. The molecule has 21 heavy (non-hydrogen) atoms. The molecule has 1 aliphatic rings. The Morgan fingerprint density at radius 2 is 2.19 bits per heavy atom. The largest absolute Gasteiger partial charge is 0.464 e. The van der Waals surface area contributed by atoms with Gasteiger partial charge in [-0.2, -0.15) is 0 Å². The normalized spacial score (nSPS) is 17.7. The average molecular weight is 291 g/mol. The highest BCUT2D eigenvalue weighted by Gasteiger charge is 2.32. The number of amides is 1. The molecular weight excluding hydrogens is 270 g/mol. The number of anilines is 1. The number of ether oxygens (including phenoxy) is 1. The summed E-state index contributed by atoms with van der Waals surface area (Å²) in [4.78, 5) is 31.6. The highest BCUT2D eigenvalue weighted by molar-refractivity contribution is 5.93. The van der Waals surface area contributed by atoms with Crippen LogP contribution in [0.1, 0.15) is 30.1 Å². The van der Waals surface area contributed by atoms with Gasteiger partial charge in [-0.3, -0.25) is 4.79 Å². The fraction of sp³-hybridized carbons (Fsp3) is 0.533. The van der Waals surface area contributed by atoms with Gasteiger partial charge in [0.05, 0.1) is 12.2 Å². The molecule has 1 unspecified atom stereocenters. The predicted molar refractivity (Wildman–Crippen MR) is 79.3 cm³/mol. The molecule has 1 amide bonds. The van der Waals surface area contributed by atoms with Crippen molar-refractivity contribution in [3.8, 4) is 0 Å². The first-order chi connectivity index (χ1) is 10.0. The van der Waals surface area contributed by atoms with Crippen LogP contribution in [0.3, 0.4) is 0 Å². The molecule has 0 N–H and O–H groups in total. The van der Waals surface area contributed by atoms with Gasteiger partial charge in [0.2, 0.25) is 0 Å². The lowest BCUT2D eigenvalue weighted by molar-refractivity contribution is -0.144. The molecule has 2 rings (SSSR count). The van der Waals surface area contributed by atoms with Gasteiger partial charge in [-0.1, -0.05) is 0 Å². The van der Waals surface area contributed by atoms with Gasteiger partial charge in [0.15, 0.2) is 0 Å². The third kappa shape index (κ3) is 3.32. The summed E-state index contributed by atoms with van der Waals surface area (Å²) in [5.41, 5.74) is 0.538. The third-order valence-corrected chi connectivity index (χ3v) is 3.51. The number of hydrogen-bond acceptors (Lipinski definition) is 5. The minimum Gasteiger partial charge on any atom is -0.464 e. The first-order valence-electron chi connectivity index (χ1n) is 7.15. The van der Waals surface area contributed by atoms with Crippen LogP contribution in [0.2, 0.25) is 0 Å². The van der Waals surface area contributed by atoms with Crippen molar-refractivity contribution < 1.29 is 14.3 Å². The van der Waals surface area contributed by atoms with Gasteiger partial charge >= 0.3 is 5.97 Å². The third-order valence-electron chi connectivity index (χ3n) is 3.51. The first kappa shape index (κ1) is 15.3. The summed E-state index contributed by atoms with van der Waals surface area (Å²) < 4.78 is 5.10. The summed E-state index contributed by atoms with van der Waals surface area (Å²) in [5, 5.41) is 0. The molecule has 0 bridgehead atoms. The van der Waals surface area contributed by atoms with Crippen LogP contribution in [0.25, 0.3) is 0 Å². The van der Waals surface area contributed by atoms with Crippen molar-refractivity contribution in [3.63, 3.8) is 0 Å². The van der Waals surface area contributed by atoms with Crippen LogP contribution in [0.15, 0.2) is 18.3 Å². The number of nitrogens with zero attached hydrogens (tertiary/aromatic N) is 3. The molecule has 0 aromatic carbocycles. The Morgan fingerprint density at radius 1 is 1.43 bits per heavy atom. The van der Waals surface area contributed by atoms with Gasteiger partial charge in [-0.05, 0) is 31.9 Å². The number of carbonyl (C=O) groups is 2. The Balaban J connectivity index is 2.14. The van der Waals surface area contributed by atoms with Crippen molar-refractivity contribution in [2.24, 2.45) is 0 Å². The zero-order valence-corrected chi connectivity index (χ0v) is 12.7. The number of esters is 1. The molecule has 114 valence electrons. The molecule has 1 aliphatic heterocycles. The van der Waals surface area contributed by atoms with E-state index in [1.165, 1.54) is 4.90 Å². The van der Waals surface area contributed by atoms with E-state index in [-0.39, 0.29) is 17.9 Å². The first-order valence-corrected chi connectivity index (χ1v) is 7.15. The summed E-state index contributed by atoms with van der Waals surface area (Å²) in [6, 6.07) is 3.26. The zero-order valence-electron chi connectivity index (χ0n) is 12.7. The predicted octanol–water partition coefficient (Wildman–Crippen LogP) is 1.32. The van der Waals surface area contributed by atoms with Gasteiger partial charge in [0, 0.05) is 26.8 Å². The van der Waals surface area contributed by atoms with Gasteiger partial charge < -0.3 is 14.5 Å². The van der Waals surface area contributed by atoms with E-state index in [4.69, 9.17) is 4.74 Å². The van der Waals surface area contributed by atoms with Crippen LogP contribution in [0, 0.1) is 0 Å². The Kier molecular flexibility index (Phi) is 4.77. The van der Waals surface area contributed by atoms with Gasteiger partial charge in [-0.15, -0.1) is 0 Å². The molecule has 6 nitrogen and oxygen atoms in total. The standard InChI is InChI=1S/C15H21N3O3/c1-4-21-15(20)12-6-5-9-18(12)13-8-7-11(10-16-13)14(19)17(2)3/h7-8,10,12H,4-6,9H2,1-3H3. The Bertz CT molecular complexity index is 513. The van der Waals surface area contributed by atoms with E-state index >= 15 is 0 Å². The second-order valence-corrected chi connectivity index (χ2v) is 5.21. The van der Waals surface area contributed by atoms with Gasteiger partial charge in [0.25, 0.3) is 5.91 Å². The van der Waals surface area contributed by atoms with Crippen molar-refractivity contribution in [1.82, 2.24) is 9.88 Å². The number of rotatable bonds is 4. The van der Waals surface area contributed by atoms with Gasteiger partial charge in [-0.25, -0.2) is 9.78 Å². The minimum absolute atomic E-state index is 0.0857. The van der Waals surface area contributed by atoms with Crippen LogP contribution in [-0.2, 0) is 9.53 Å². The molecule has 1 atom stereocenters. The number of aromatic nitrogens is 1. The second-order valence-electron chi connectivity index (χ2n) is 5.21. The minimum atomic E-state index is -0.271. The average Bonchev–Trinajstić information content (AvgIpc) is 2.96. The monoisotopic (exact) mass is 291 g/mol. The van der Waals surface area contributed by atoms with E-state index in [0.717, 1.165) is 19.4 Å². The van der Waals surface area contributed by atoms with Gasteiger partial charge in [0.1, 0.15) is 11.9 Å². The second kappa shape index (κ2) is 6.56. The SMILES string of the molecule is CCOC(=O)C1CCCN1c1ccc(C(=O)N(C)C)cn1. The maximum atomic E-state index is 11.9. The van der Waals surface area contributed by atoms with Crippen LogP contribution in [0.5, 0.6) is 0 Å². The van der Waals surface area contributed by atoms with E-state index in [2.05, 4.69) is 4.98 Å². The Morgan fingerprint density at radius 3 is 2.76 bits per heavy atom. The highest BCUT2D eigenvalue weighted by atomic mass is 16.5. The van der Waals surface area contributed by atoms with E-state index < -0.39 is 0 Å². The van der Waals surface area contributed by atoms with Crippen molar-refractivity contribution in [3.05, 3.63) is 23.9 Å². The summed E-state index contributed by atoms with van der Waals surface area (Å²) >= 11 is 0. The van der Waals surface area contributed by atoms with Crippen LogP contribution < -0.4 is 4.90 Å². The van der Waals surface area contributed by atoms with Crippen molar-refractivity contribution in [2.45, 2.75) is 25.8 Å². The van der Waals surface area contributed by atoms with Crippen LogP contribution in [0.4, 0.5) is 5.82 Å². The fourth-order valence-electron chi connectivity index (χ4n) is 2.47. The van der Waals surface area contributed by atoms with E-state index in [1.54, 1.807) is 39.3 Å². The molecular formula is C15H21N3O3. The molecule has 0 aliphatic carbocycles. The number of pyridine rings is 1. The molecule has 0 radical (unpaired) electrons. The van der Waals surface area contributed by atoms with Crippen molar-refractivity contribution in [2.75, 3.05) is 32.1 Å². The lowest BCUT2D eigenvalue weighted by Crippen LogP contribution is -2.37. The molecule has 1 fully saturated rings. The maximum Gasteiger partial charge on any atom is 0.328 e. The Hall–Kier alpha value is -2.11. The number of carbonyl (C=O) groups excluding carboxylic acids is 2. The Labute approximate surface area is 124 Å². The van der Waals surface area contributed by atoms with Crippen LogP contribution in [-0.4, -0.2) is 55.0 Å². The lowest BCUT2D eigenvalue weighted by Gasteiger charge is -2.24. The van der Waals surface area contributed by atoms with E-state index in [9.17, 15) is 9.59 Å². The van der Waals surface area contributed by atoms with Crippen molar-refractivity contribution in [1.29, 1.82) is 0 Å². The molecule has 2 heterocycles. The molecule has 1 saturated heterocycles.